The zero-order chi connectivity index (χ0) is 18.4. The maximum absolute atomic E-state index is 12.6. The number of rotatable bonds is 7. The van der Waals surface area contributed by atoms with Crippen molar-refractivity contribution in [3.05, 3.63) is 42.2 Å². The smallest absolute Gasteiger partial charge is 0.317 e. The average Bonchev–Trinajstić information content (AvgIpc) is 3.36. The number of methoxy groups -OCH3 is 2. The Morgan fingerprint density at radius 3 is 2.96 bits per heavy atom. The zero-order valence-corrected chi connectivity index (χ0v) is 15.4. The molecule has 1 aromatic carbocycles. The molecule has 0 saturated carbocycles. The molecule has 0 bridgehead atoms. The van der Waals surface area contributed by atoms with Crippen LogP contribution in [-0.2, 0) is 6.54 Å². The van der Waals surface area contributed by atoms with Crippen LogP contribution in [0.15, 0.2) is 36.7 Å². The number of hydrogen-bond donors (Lipinski definition) is 1. The number of nitrogens with one attached hydrogen (secondary N) is 1. The van der Waals surface area contributed by atoms with Gasteiger partial charge in [-0.25, -0.2) is 4.79 Å². The molecule has 1 aliphatic rings. The average molecular weight is 358 g/mol. The third kappa shape index (κ3) is 4.09. The van der Waals surface area contributed by atoms with E-state index in [1.165, 1.54) is 0 Å². The van der Waals surface area contributed by atoms with Gasteiger partial charge in [0.15, 0.2) is 0 Å². The van der Waals surface area contributed by atoms with Crippen molar-refractivity contribution in [2.24, 2.45) is 0 Å². The number of nitrogens with zero attached hydrogens (tertiary/aromatic N) is 3. The summed E-state index contributed by atoms with van der Waals surface area (Å²) in [5, 5.41) is 7.19. The summed E-state index contributed by atoms with van der Waals surface area (Å²) in [7, 11) is 3.28. The molecule has 7 nitrogen and oxygen atoms in total. The van der Waals surface area contributed by atoms with Gasteiger partial charge in [0, 0.05) is 43.7 Å². The van der Waals surface area contributed by atoms with Gasteiger partial charge in [0.25, 0.3) is 0 Å². The largest absolute Gasteiger partial charge is 0.497 e. The molecule has 1 aliphatic heterocycles. The first-order valence-electron chi connectivity index (χ1n) is 8.96. The summed E-state index contributed by atoms with van der Waals surface area (Å²) in [6, 6.07) is 7.68. The molecule has 2 heterocycles. The Morgan fingerprint density at radius 2 is 2.23 bits per heavy atom. The first-order chi connectivity index (χ1) is 12.7. The Kier molecular flexibility index (Phi) is 5.99. The van der Waals surface area contributed by atoms with Crippen molar-refractivity contribution in [1.29, 1.82) is 0 Å². The number of urea groups is 1. The van der Waals surface area contributed by atoms with Crippen LogP contribution >= 0.6 is 0 Å². The second-order valence-corrected chi connectivity index (χ2v) is 6.31. The molecule has 0 radical (unpaired) electrons. The van der Waals surface area contributed by atoms with Gasteiger partial charge in [-0.05, 0) is 37.5 Å². The summed E-state index contributed by atoms with van der Waals surface area (Å²) in [5.74, 6) is 1.51. The highest BCUT2D eigenvalue weighted by molar-refractivity contribution is 5.75. The number of benzene rings is 1. The quantitative estimate of drug-likeness (QED) is 0.773. The minimum atomic E-state index is -0.0224. The molecule has 26 heavy (non-hydrogen) atoms. The molecule has 140 valence electrons. The fraction of sp³-hybridized carbons (Fsp3) is 0.474. The lowest BCUT2D eigenvalue weighted by Crippen LogP contribution is -2.40. The van der Waals surface area contributed by atoms with E-state index >= 15 is 0 Å². The highest BCUT2D eigenvalue weighted by atomic mass is 16.5. The Labute approximate surface area is 153 Å². The summed E-state index contributed by atoms with van der Waals surface area (Å²) in [4.78, 5) is 14.5. The van der Waals surface area contributed by atoms with Gasteiger partial charge in [0.2, 0.25) is 0 Å². The van der Waals surface area contributed by atoms with Gasteiger partial charge in [-0.1, -0.05) is 0 Å². The molecule has 7 heteroatoms. The predicted octanol–water partition coefficient (Wildman–Crippen LogP) is 2.84. The molecule has 1 fully saturated rings. The minimum absolute atomic E-state index is 0.0224. The van der Waals surface area contributed by atoms with Crippen molar-refractivity contribution in [1.82, 2.24) is 20.0 Å². The first kappa shape index (κ1) is 18.1. The van der Waals surface area contributed by atoms with E-state index in [-0.39, 0.29) is 12.1 Å². The number of ether oxygens (including phenoxy) is 2. The van der Waals surface area contributed by atoms with Gasteiger partial charge in [-0.3, -0.25) is 4.68 Å². The van der Waals surface area contributed by atoms with E-state index in [1.54, 1.807) is 20.4 Å². The van der Waals surface area contributed by atoms with E-state index in [0.717, 1.165) is 49.4 Å². The standard InChI is InChI=1S/C19H26N4O3/c1-25-15-7-8-16(18(14-15)26-2)17-6-3-13-23(17)19(24)20-9-4-11-22-12-5-10-21-22/h5,7-8,10,12,14,17H,3-4,6,9,11,13H2,1-2H3,(H,20,24). The number of hydrogen-bond acceptors (Lipinski definition) is 4. The number of carbonyl (C=O) groups is 1. The van der Waals surface area contributed by atoms with E-state index in [1.807, 2.05) is 40.0 Å². The molecular formula is C19H26N4O3. The van der Waals surface area contributed by atoms with Crippen molar-refractivity contribution in [2.45, 2.75) is 31.8 Å². The Hall–Kier alpha value is -2.70. The van der Waals surface area contributed by atoms with Crippen LogP contribution in [0, 0.1) is 0 Å². The Morgan fingerprint density at radius 1 is 1.35 bits per heavy atom. The van der Waals surface area contributed by atoms with Crippen LogP contribution in [0.5, 0.6) is 11.5 Å². The Balaban J connectivity index is 1.59. The summed E-state index contributed by atoms with van der Waals surface area (Å²) in [5.41, 5.74) is 1.03. The SMILES string of the molecule is COc1ccc(C2CCCN2C(=O)NCCCn2cccn2)c(OC)c1. The van der Waals surface area contributed by atoms with E-state index in [0.29, 0.717) is 6.54 Å². The number of carbonyl (C=O) groups excluding carboxylic acids is 1. The highest BCUT2D eigenvalue weighted by Gasteiger charge is 2.31. The monoisotopic (exact) mass is 358 g/mol. The normalized spacial score (nSPS) is 16.5. The summed E-state index contributed by atoms with van der Waals surface area (Å²) < 4.78 is 12.7. The van der Waals surface area contributed by atoms with E-state index < -0.39 is 0 Å². The van der Waals surface area contributed by atoms with Gasteiger partial charge in [0.05, 0.1) is 20.3 Å². The van der Waals surface area contributed by atoms with Gasteiger partial charge in [-0.2, -0.15) is 5.10 Å². The van der Waals surface area contributed by atoms with Crippen molar-refractivity contribution in [3.8, 4) is 11.5 Å². The molecule has 1 atom stereocenters. The number of amides is 2. The van der Waals surface area contributed by atoms with Crippen LogP contribution < -0.4 is 14.8 Å². The number of aromatic nitrogens is 2. The van der Waals surface area contributed by atoms with Crippen molar-refractivity contribution >= 4 is 6.03 Å². The van der Waals surface area contributed by atoms with Crippen molar-refractivity contribution in [2.75, 3.05) is 27.3 Å². The van der Waals surface area contributed by atoms with E-state index in [2.05, 4.69) is 10.4 Å². The van der Waals surface area contributed by atoms with Crippen LogP contribution in [0.25, 0.3) is 0 Å². The minimum Gasteiger partial charge on any atom is -0.497 e. The molecule has 1 N–H and O–H groups in total. The summed E-state index contributed by atoms with van der Waals surface area (Å²) >= 11 is 0. The van der Waals surface area contributed by atoms with Crippen LogP contribution in [0.4, 0.5) is 4.79 Å². The predicted molar refractivity (Wildman–Crippen MR) is 98.5 cm³/mol. The topological polar surface area (TPSA) is 68.6 Å². The van der Waals surface area contributed by atoms with E-state index in [4.69, 9.17) is 9.47 Å². The summed E-state index contributed by atoms with van der Waals surface area (Å²) in [6.07, 6.45) is 6.45. The molecule has 1 saturated heterocycles. The third-order valence-electron chi connectivity index (χ3n) is 4.71. The third-order valence-corrected chi connectivity index (χ3v) is 4.71. The zero-order valence-electron chi connectivity index (χ0n) is 15.4. The van der Waals surface area contributed by atoms with Gasteiger partial charge in [0.1, 0.15) is 11.5 Å². The van der Waals surface area contributed by atoms with Gasteiger partial charge in [-0.15, -0.1) is 0 Å². The molecule has 0 aliphatic carbocycles. The van der Waals surface area contributed by atoms with Crippen molar-refractivity contribution in [3.63, 3.8) is 0 Å². The maximum Gasteiger partial charge on any atom is 0.317 e. The fourth-order valence-corrected chi connectivity index (χ4v) is 3.40. The molecule has 2 amide bonds. The molecular weight excluding hydrogens is 332 g/mol. The number of aryl methyl sites for hydroxylation is 1. The number of likely N-dealkylation sites (tertiary alicyclic amines) is 1. The van der Waals surface area contributed by atoms with Crippen LogP contribution in [0.1, 0.15) is 30.9 Å². The second kappa shape index (κ2) is 8.60. The van der Waals surface area contributed by atoms with Crippen LogP contribution in [-0.4, -0.2) is 48.0 Å². The molecule has 0 spiro atoms. The van der Waals surface area contributed by atoms with Gasteiger partial charge < -0.3 is 19.7 Å². The lowest BCUT2D eigenvalue weighted by atomic mass is 10.0. The van der Waals surface area contributed by atoms with E-state index in [9.17, 15) is 4.79 Å². The maximum atomic E-state index is 12.6. The Bertz CT molecular complexity index is 718. The highest BCUT2D eigenvalue weighted by Crippen LogP contribution is 2.38. The van der Waals surface area contributed by atoms with Crippen LogP contribution in [0.3, 0.4) is 0 Å². The van der Waals surface area contributed by atoms with Crippen molar-refractivity contribution < 1.29 is 14.3 Å². The molecule has 2 aromatic rings. The first-order valence-corrected chi connectivity index (χ1v) is 8.96. The van der Waals surface area contributed by atoms with Gasteiger partial charge >= 0.3 is 6.03 Å². The molecule has 1 unspecified atom stereocenters. The molecule has 3 rings (SSSR count). The fourth-order valence-electron chi connectivity index (χ4n) is 3.40. The summed E-state index contributed by atoms with van der Waals surface area (Å²) in [6.45, 7) is 2.18. The molecule has 1 aromatic heterocycles. The second-order valence-electron chi connectivity index (χ2n) is 6.31. The lowest BCUT2D eigenvalue weighted by molar-refractivity contribution is 0.192. The lowest BCUT2D eigenvalue weighted by Gasteiger charge is -2.26. The van der Waals surface area contributed by atoms with Crippen LogP contribution in [0.2, 0.25) is 0 Å².